The summed E-state index contributed by atoms with van der Waals surface area (Å²) < 4.78 is 5.42. The van der Waals surface area contributed by atoms with Crippen molar-refractivity contribution in [1.29, 1.82) is 0 Å². The average Bonchev–Trinajstić information content (AvgIpc) is 2.26. The number of hydrogen-bond donors (Lipinski definition) is 0. The summed E-state index contributed by atoms with van der Waals surface area (Å²) in [6.45, 7) is 7.37. The van der Waals surface area contributed by atoms with E-state index in [0.29, 0.717) is 16.0 Å². The first kappa shape index (κ1) is 13.8. The molecular formula is C15H16ClNO2. The number of ether oxygens (including phenoxy) is 1. The lowest BCUT2D eigenvalue weighted by atomic mass is 10.1. The molecule has 0 fully saturated rings. The molecule has 0 N–H and O–H groups in total. The van der Waals surface area contributed by atoms with E-state index in [0.717, 1.165) is 11.2 Å². The van der Waals surface area contributed by atoms with Crippen LogP contribution in [0.3, 0.4) is 0 Å². The molecule has 2 aromatic rings. The molecular weight excluding hydrogens is 262 g/mol. The molecule has 0 saturated carbocycles. The molecule has 0 spiro atoms. The van der Waals surface area contributed by atoms with Crippen LogP contribution in [0, 0.1) is 6.92 Å². The van der Waals surface area contributed by atoms with Crippen LogP contribution in [0.25, 0.3) is 10.9 Å². The van der Waals surface area contributed by atoms with Crippen molar-refractivity contribution in [2.45, 2.75) is 33.3 Å². The molecule has 0 radical (unpaired) electrons. The molecule has 1 heterocycles. The smallest absolute Gasteiger partial charge is 0.339 e. The van der Waals surface area contributed by atoms with Crippen molar-refractivity contribution in [2.75, 3.05) is 0 Å². The van der Waals surface area contributed by atoms with E-state index in [1.54, 1.807) is 24.3 Å². The highest BCUT2D eigenvalue weighted by atomic mass is 35.5. The third-order valence-corrected chi connectivity index (χ3v) is 2.75. The summed E-state index contributed by atoms with van der Waals surface area (Å²) in [4.78, 5) is 16.6. The minimum atomic E-state index is -0.529. The highest BCUT2D eigenvalue weighted by Gasteiger charge is 2.20. The number of aromatic nitrogens is 1. The molecule has 0 aliphatic carbocycles. The molecule has 0 unspecified atom stereocenters. The Morgan fingerprint density at radius 3 is 2.58 bits per heavy atom. The van der Waals surface area contributed by atoms with Gasteiger partial charge in [-0.2, -0.15) is 0 Å². The number of rotatable bonds is 1. The van der Waals surface area contributed by atoms with E-state index in [1.807, 2.05) is 27.7 Å². The van der Waals surface area contributed by atoms with Crippen molar-refractivity contribution < 1.29 is 9.53 Å². The Hall–Kier alpha value is -1.61. The second kappa shape index (κ2) is 4.82. The molecule has 1 aromatic heterocycles. The van der Waals surface area contributed by atoms with Gasteiger partial charge in [-0.1, -0.05) is 11.6 Å². The summed E-state index contributed by atoms with van der Waals surface area (Å²) in [5.74, 6) is -0.356. The number of nitrogens with zero attached hydrogens (tertiary/aromatic N) is 1. The highest BCUT2D eigenvalue weighted by Crippen LogP contribution is 2.24. The quantitative estimate of drug-likeness (QED) is 0.735. The van der Waals surface area contributed by atoms with Crippen LogP contribution in [0.5, 0.6) is 0 Å². The zero-order chi connectivity index (χ0) is 14.2. The molecule has 2 rings (SSSR count). The van der Waals surface area contributed by atoms with Crippen LogP contribution in [-0.2, 0) is 4.74 Å². The number of esters is 1. The number of aryl methyl sites for hydroxylation is 1. The molecule has 0 atom stereocenters. The maximum atomic E-state index is 12.2. The minimum absolute atomic E-state index is 0.356. The van der Waals surface area contributed by atoms with E-state index in [1.165, 1.54) is 0 Å². The molecule has 3 nitrogen and oxygen atoms in total. The fourth-order valence-electron chi connectivity index (χ4n) is 1.83. The summed E-state index contributed by atoms with van der Waals surface area (Å²) in [5.41, 5.74) is 1.49. The van der Waals surface area contributed by atoms with Gasteiger partial charge in [-0.15, -0.1) is 0 Å². The molecule has 100 valence electrons. The van der Waals surface area contributed by atoms with Crippen LogP contribution in [-0.4, -0.2) is 16.6 Å². The van der Waals surface area contributed by atoms with Crippen LogP contribution in [0.2, 0.25) is 5.02 Å². The predicted molar refractivity (Wildman–Crippen MR) is 76.7 cm³/mol. The third-order valence-electron chi connectivity index (χ3n) is 2.52. The normalized spacial score (nSPS) is 11.6. The number of carbonyl (C=O) groups is 1. The monoisotopic (exact) mass is 277 g/mol. The molecule has 0 aliphatic rings. The van der Waals surface area contributed by atoms with Crippen molar-refractivity contribution in [2.24, 2.45) is 0 Å². The molecule has 0 bridgehead atoms. The maximum Gasteiger partial charge on any atom is 0.339 e. The number of hydrogen-bond acceptors (Lipinski definition) is 3. The molecule has 0 saturated heterocycles. The van der Waals surface area contributed by atoms with Crippen molar-refractivity contribution in [3.63, 3.8) is 0 Å². The second-order valence-electron chi connectivity index (χ2n) is 5.47. The van der Waals surface area contributed by atoms with E-state index < -0.39 is 5.60 Å². The molecule has 0 aliphatic heterocycles. The number of fused-ring (bicyclic) bond motifs is 1. The number of carbonyl (C=O) groups excluding carboxylic acids is 1. The van der Waals surface area contributed by atoms with Gasteiger partial charge >= 0.3 is 5.97 Å². The van der Waals surface area contributed by atoms with E-state index >= 15 is 0 Å². The first-order valence-corrected chi connectivity index (χ1v) is 6.44. The van der Waals surface area contributed by atoms with E-state index in [4.69, 9.17) is 16.3 Å². The van der Waals surface area contributed by atoms with Gasteiger partial charge in [0.25, 0.3) is 0 Å². The van der Waals surface area contributed by atoms with Crippen molar-refractivity contribution >= 4 is 28.5 Å². The first-order chi connectivity index (χ1) is 8.76. The lowest BCUT2D eigenvalue weighted by Crippen LogP contribution is -2.24. The van der Waals surface area contributed by atoms with Gasteiger partial charge in [0.05, 0.1) is 11.1 Å². The second-order valence-corrected chi connectivity index (χ2v) is 5.91. The van der Waals surface area contributed by atoms with Gasteiger partial charge in [-0.25, -0.2) is 4.79 Å². The van der Waals surface area contributed by atoms with Gasteiger partial charge in [0.15, 0.2) is 0 Å². The Morgan fingerprint density at radius 2 is 1.95 bits per heavy atom. The van der Waals surface area contributed by atoms with Gasteiger partial charge in [-0.05, 0) is 52.0 Å². The Kier molecular flexibility index (Phi) is 3.50. The molecule has 4 heteroatoms. The van der Waals surface area contributed by atoms with Crippen LogP contribution >= 0.6 is 11.6 Å². The molecule has 1 aromatic carbocycles. The summed E-state index contributed by atoms with van der Waals surface area (Å²) in [5, 5.41) is 1.29. The summed E-state index contributed by atoms with van der Waals surface area (Å²) >= 11 is 5.99. The van der Waals surface area contributed by atoms with Crippen LogP contribution in [0.4, 0.5) is 0 Å². The SMILES string of the molecule is Cc1cc(C(=O)OC(C)(C)C)c2cc(Cl)ccc2n1. The van der Waals surface area contributed by atoms with E-state index in [-0.39, 0.29) is 5.97 Å². The molecule has 19 heavy (non-hydrogen) atoms. The lowest BCUT2D eigenvalue weighted by molar-refractivity contribution is 0.00717. The van der Waals surface area contributed by atoms with Crippen LogP contribution in [0.1, 0.15) is 36.8 Å². The fraction of sp³-hybridized carbons (Fsp3) is 0.333. The van der Waals surface area contributed by atoms with Gasteiger partial charge in [0.1, 0.15) is 5.60 Å². The van der Waals surface area contributed by atoms with E-state index in [9.17, 15) is 4.79 Å². The molecule has 0 amide bonds. The highest BCUT2D eigenvalue weighted by molar-refractivity contribution is 6.31. The van der Waals surface area contributed by atoms with Crippen molar-refractivity contribution in [3.05, 3.63) is 40.5 Å². The van der Waals surface area contributed by atoms with E-state index in [2.05, 4.69) is 4.98 Å². The Morgan fingerprint density at radius 1 is 1.26 bits per heavy atom. The topological polar surface area (TPSA) is 39.2 Å². The summed E-state index contributed by atoms with van der Waals surface area (Å²) in [7, 11) is 0. The van der Waals surface area contributed by atoms with Gasteiger partial charge < -0.3 is 4.74 Å². The maximum absolute atomic E-state index is 12.2. The third kappa shape index (κ3) is 3.24. The zero-order valence-corrected chi connectivity index (χ0v) is 12.2. The summed E-state index contributed by atoms with van der Waals surface area (Å²) in [6, 6.07) is 7.03. The Labute approximate surface area is 117 Å². The summed E-state index contributed by atoms with van der Waals surface area (Å²) in [6.07, 6.45) is 0. The largest absolute Gasteiger partial charge is 0.456 e. The lowest BCUT2D eigenvalue weighted by Gasteiger charge is -2.20. The fourth-order valence-corrected chi connectivity index (χ4v) is 2.00. The van der Waals surface area contributed by atoms with Gasteiger partial charge in [0, 0.05) is 16.1 Å². The first-order valence-electron chi connectivity index (χ1n) is 6.06. The van der Waals surface area contributed by atoms with Crippen molar-refractivity contribution in [3.8, 4) is 0 Å². The minimum Gasteiger partial charge on any atom is -0.456 e. The standard InChI is InChI=1S/C15H16ClNO2/c1-9-7-12(14(18)19-15(2,3)4)11-8-10(16)5-6-13(11)17-9/h5-8H,1-4H3. The number of benzene rings is 1. The average molecular weight is 278 g/mol. The zero-order valence-electron chi connectivity index (χ0n) is 11.5. The Balaban J connectivity index is 2.58. The van der Waals surface area contributed by atoms with Gasteiger partial charge in [-0.3, -0.25) is 4.98 Å². The van der Waals surface area contributed by atoms with Gasteiger partial charge in [0.2, 0.25) is 0 Å². The van der Waals surface area contributed by atoms with Crippen LogP contribution < -0.4 is 0 Å². The van der Waals surface area contributed by atoms with Crippen molar-refractivity contribution in [1.82, 2.24) is 4.98 Å². The number of halogens is 1. The Bertz CT molecular complexity index is 644. The van der Waals surface area contributed by atoms with Crippen LogP contribution in [0.15, 0.2) is 24.3 Å². The number of pyridine rings is 1. The predicted octanol–water partition coefficient (Wildman–Crippen LogP) is 4.15.